The molecular formula is C22H20N4OS. The molecule has 0 aliphatic rings. The summed E-state index contributed by atoms with van der Waals surface area (Å²) in [6.07, 6.45) is 2.37. The van der Waals surface area contributed by atoms with Gasteiger partial charge in [-0.2, -0.15) is 0 Å². The average Bonchev–Trinajstić information content (AvgIpc) is 3.18. The molecule has 28 heavy (non-hydrogen) atoms. The number of nitrogens with two attached hydrogens (primary N) is 1. The van der Waals surface area contributed by atoms with Gasteiger partial charge in [-0.3, -0.25) is 9.78 Å². The third kappa shape index (κ3) is 3.59. The zero-order valence-corrected chi connectivity index (χ0v) is 16.3. The molecule has 5 nitrogen and oxygen atoms in total. The van der Waals surface area contributed by atoms with Crippen LogP contribution in [0.5, 0.6) is 0 Å². The highest BCUT2D eigenvalue weighted by Crippen LogP contribution is 2.26. The van der Waals surface area contributed by atoms with Crippen molar-refractivity contribution in [3.05, 3.63) is 76.4 Å². The van der Waals surface area contributed by atoms with Gasteiger partial charge in [0.15, 0.2) is 0 Å². The second-order valence-corrected chi connectivity index (χ2v) is 7.50. The Morgan fingerprint density at radius 1 is 1.14 bits per heavy atom. The largest absolute Gasteiger partial charge is 0.398 e. The summed E-state index contributed by atoms with van der Waals surface area (Å²) in [6, 6.07) is 15.6. The number of aromatic nitrogens is 2. The van der Waals surface area contributed by atoms with E-state index in [2.05, 4.69) is 15.3 Å². The fraction of sp³-hybridized carbons (Fsp3) is 0.136. The minimum Gasteiger partial charge on any atom is -0.398 e. The molecule has 4 aromatic rings. The van der Waals surface area contributed by atoms with Crippen molar-refractivity contribution in [2.45, 2.75) is 13.3 Å². The number of fused-ring (bicyclic) bond motifs is 1. The zero-order valence-electron chi connectivity index (χ0n) is 15.5. The van der Waals surface area contributed by atoms with E-state index in [0.717, 1.165) is 32.6 Å². The normalized spacial score (nSPS) is 10.9. The van der Waals surface area contributed by atoms with E-state index in [0.29, 0.717) is 24.3 Å². The van der Waals surface area contributed by atoms with Gasteiger partial charge in [0.2, 0.25) is 0 Å². The van der Waals surface area contributed by atoms with Gasteiger partial charge in [0.25, 0.3) is 5.91 Å². The number of hydrogen-bond acceptors (Lipinski definition) is 5. The molecule has 2 heterocycles. The topological polar surface area (TPSA) is 80.9 Å². The van der Waals surface area contributed by atoms with Crippen LogP contribution in [-0.4, -0.2) is 22.4 Å². The van der Waals surface area contributed by atoms with Gasteiger partial charge < -0.3 is 11.1 Å². The number of benzene rings is 2. The molecule has 6 heteroatoms. The van der Waals surface area contributed by atoms with Crippen LogP contribution in [0.2, 0.25) is 0 Å². The Labute approximate surface area is 167 Å². The second kappa shape index (κ2) is 7.78. The highest BCUT2D eigenvalue weighted by molar-refractivity contribution is 7.09. The number of rotatable bonds is 5. The Hall–Kier alpha value is -3.25. The Morgan fingerprint density at radius 2 is 1.96 bits per heavy atom. The monoisotopic (exact) mass is 388 g/mol. The minimum absolute atomic E-state index is 0.199. The third-order valence-electron chi connectivity index (χ3n) is 4.59. The number of thiazole rings is 1. The number of nitrogen functional groups attached to an aromatic ring is 1. The molecule has 0 spiro atoms. The Balaban J connectivity index is 1.45. The van der Waals surface area contributed by atoms with Crippen LogP contribution in [0.1, 0.15) is 21.1 Å². The molecule has 4 rings (SSSR count). The third-order valence-corrected chi connectivity index (χ3v) is 5.50. The summed E-state index contributed by atoms with van der Waals surface area (Å²) in [5.41, 5.74) is 10.2. The summed E-state index contributed by atoms with van der Waals surface area (Å²) in [4.78, 5) is 21.7. The quantitative estimate of drug-likeness (QED) is 0.502. The smallest absolute Gasteiger partial charge is 0.270 e. The number of anilines is 1. The van der Waals surface area contributed by atoms with Crippen molar-refractivity contribution in [2.24, 2.45) is 0 Å². The molecule has 3 N–H and O–H groups in total. The summed E-state index contributed by atoms with van der Waals surface area (Å²) in [5.74, 6) is -0.199. The van der Waals surface area contributed by atoms with Crippen molar-refractivity contribution in [1.29, 1.82) is 0 Å². The molecule has 2 aromatic carbocycles. The highest BCUT2D eigenvalue weighted by Gasteiger charge is 2.14. The van der Waals surface area contributed by atoms with Gasteiger partial charge in [0, 0.05) is 46.6 Å². The maximum absolute atomic E-state index is 12.7. The Kier molecular flexibility index (Phi) is 5.04. The van der Waals surface area contributed by atoms with Crippen LogP contribution in [0.15, 0.2) is 60.1 Å². The number of carbonyl (C=O) groups excluding carboxylic acids is 1. The number of amides is 1. The van der Waals surface area contributed by atoms with E-state index < -0.39 is 0 Å². The molecule has 0 saturated heterocycles. The van der Waals surface area contributed by atoms with E-state index >= 15 is 0 Å². The molecule has 0 saturated carbocycles. The second-order valence-electron chi connectivity index (χ2n) is 6.56. The van der Waals surface area contributed by atoms with Gasteiger partial charge in [-0.15, -0.1) is 11.3 Å². The molecule has 1 amide bonds. The fourth-order valence-corrected chi connectivity index (χ4v) is 4.03. The molecule has 0 radical (unpaired) electrons. The first-order chi connectivity index (χ1) is 13.6. The standard InChI is InChI=1S/C22H20N4OS/c1-14-12-25-21(16-8-5-9-17(23)20(14)16)22(27)24-11-10-19-26-18(13-28-19)15-6-3-2-4-7-15/h2-9,12-13H,10-11,23H2,1H3,(H,24,27). The van der Waals surface area contributed by atoms with Crippen molar-refractivity contribution in [1.82, 2.24) is 15.3 Å². The van der Waals surface area contributed by atoms with E-state index in [9.17, 15) is 4.79 Å². The first-order valence-electron chi connectivity index (χ1n) is 9.05. The molecule has 0 atom stereocenters. The first kappa shape index (κ1) is 18.1. The maximum atomic E-state index is 12.7. The lowest BCUT2D eigenvalue weighted by molar-refractivity contribution is 0.0951. The molecular weight excluding hydrogens is 368 g/mol. The van der Waals surface area contributed by atoms with Gasteiger partial charge in [-0.1, -0.05) is 42.5 Å². The summed E-state index contributed by atoms with van der Waals surface area (Å²) in [6.45, 7) is 2.44. The lowest BCUT2D eigenvalue weighted by Crippen LogP contribution is -2.26. The van der Waals surface area contributed by atoms with Crippen LogP contribution in [0.3, 0.4) is 0 Å². The van der Waals surface area contributed by atoms with Crippen molar-refractivity contribution in [2.75, 3.05) is 12.3 Å². The lowest BCUT2D eigenvalue weighted by Gasteiger charge is -2.10. The molecule has 140 valence electrons. The molecule has 0 unspecified atom stereocenters. The van der Waals surface area contributed by atoms with E-state index in [4.69, 9.17) is 5.73 Å². The average molecular weight is 388 g/mol. The summed E-state index contributed by atoms with van der Waals surface area (Å²) in [7, 11) is 0. The minimum atomic E-state index is -0.199. The van der Waals surface area contributed by atoms with Crippen LogP contribution in [-0.2, 0) is 6.42 Å². The molecule has 0 fully saturated rings. The first-order valence-corrected chi connectivity index (χ1v) is 9.93. The van der Waals surface area contributed by atoms with Crippen molar-refractivity contribution < 1.29 is 4.79 Å². The summed E-state index contributed by atoms with van der Waals surface area (Å²) >= 11 is 1.60. The maximum Gasteiger partial charge on any atom is 0.270 e. The van der Waals surface area contributed by atoms with Crippen molar-refractivity contribution >= 4 is 33.7 Å². The summed E-state index contributed by atoms with van der Waals surface area (Å²) in [5, 5.41) is 7.65. The van der Waals surface area contributed by atoms with Crippen LogP contribution in [0.4, 0.5) is 5.69 Å². The van der Waals surface area contributed by atoms with Crippen molar-refractivity contribution in [3.63, 3.8) is 0 Å². The molecule has 0 aliphatic carbocycles. The van der Waals surface area contributed by atoms with Gasteiger partial charge in [-0.05, 0) is 18.6 Å². The predicted octanol–water partition coefficient (Wildman–Crippen LogP) is 4.22. The van der Waals surface area contributed by atoms with Crippen LogP contribution < -0.4 is 11.1 Å². The predicted molar refractivity (Wildman–Crippen MR) is 114 cm³/mol. The molecule has 2 aromatic heterocycles. The number of nitrogens with zero attached hydrogens (tertiary/aromatic N) is 2. The van der Waals surface area contributed by atoms with E-state index in [1.54, 1.807) is 17.5 Å². The number of carbonyl (C=O) groups is 1. The van der Waals surface area contributed by atoms with Gasteiger partial charge in [0.05, 0.1) is 10.7 Å². The lowest BCUT2D eigenvalue weighted by atomic mass is 10.0. The van der Waals surface area contributed by atoms with E-state index in [-0.39, 0.29) is 5.91 Å². The number of pyridine rings is 1. The Bertz CT molecular complexity index is 1130. The van der Waals surface area contributed by atoms with Crippen LogP contribution in [0.25, 0.3) is 22.0 Å². The van der Waals surface area contributed by atoms with Gasteiger partial charge in [0.1, 0.15) is 5.69 Å². The van der Waals surface area contributed by atoms with Crippen LogP contribution >= 0.6 is 11.3 Å². The van der Waals surface area contributed by atoms with E-state index in [1.165, 1.54) is 0 Å². The SMILES string of the molecule is Cc1cnc(C(=O)NCCc2nc(-c3ccccc3)cs2)c2cccc(N)c12. The number of aryl methyl sites for hydroxylation is 1. The van der Waals surface area contributed by atoms with Gasteiger partial charge >= 0.3 is 0 Å². The van der Waals surface area contributed by atoms with Gasteiger partial charge in [-0.25, -0.2) is 4.98 Å². The number of hydrogen-bond donors (Lipinski definition) is 2. The van der Waals surface area contributed by atoms with E-state index in [1.807, 2.05) is 60.8 Å². The Morgan fingerprint density at radius 3 is 2.79 bits per heavy atom. The molecule has 0 aliphatic heterocycles. The van der Waals surface area contributed by atoms with Crippen LogP contribution in [0, 0.1) is 6.92 Å². The van der Waals surface area contributed by atoms with Crippen molar-refractivity contribution in [3.8, 4) is 11.3 Å². The number of nitrogens with one attached hydrogen (secondary N) is 1. The summed E-state index contributed by atoms with van der Waals surface area (Å²) < 4.78 is 0. The highest BCUT2D eigenvalue weighted by atomic mass is 32.1. The molecule has 0 bridgehead atoms. The zero-order chi connectivity index (χ0) is 19.5. The fourth-order valence-electron chi connectivity index (χ4n) is 3.22.